The highest BCUT2D eigenvalue weighted by molar-refractivity contribution is 5.88. The number of hydrogen-bond donors (Lipinski definition) is 3. The highest BCUT2D eigenvalue weighted by Gasteiger charge is 2.30. The number of anilines is 1. The van der Waals surface area contributed by atoms with E-state index in [0.29, 0.717) is 31.0 Å². The van der Waals surface area contributed by atoms with E-state index >= 15 is 0 Å². The second-order valence-corrected chi connectivity index (χ2v) is 8.96. The Morgan fingerprint density at radius 2 is 1.57 bits per heavy atom. The molecule has 0 heterocycles. The number of benzene rings is 2. The third kappa shape index (κ3) is 8.88. The Balaban J connectivity index is 1.54. The number of amides is 2. The summed E-state index contributed by atoms with van der Waals surface area (Å²) in [4.78, 5) is 25.5. The third-order valence-corrected chi connectivity index (χ3v) is 6.19. The molecule has 1 atom stereocenters. The minimum atomic E-state index is -4.43. The molecule has 0 aromatic heterocycles. The van der Waals surface area contributed by atoms with Gasteiger partial charge in [-0.25, -0.2) is 4.39 Å². The molecule has 1 unspecified atom stereocenters. The van der Waals surface area contributed by atoms with Crippen molar-refractivity contribution in [1.29, 1.82) is 0 Å². The van der Waals surface area contributed by atoms with Crippen molar-refractivity contribution < 1.29 is 27.2 Å². The van der Waals surface area contributed by atoms with Crippen LogP contribution in [0.15, 0.2) is 48.5 Å². The van der Waals surface area contributed by atoms with Crippen LogP contribution in [0.3, 0.4) is 0 Å². The largest absolute Gasteiger partial charge is 0.416 e. The lowest BCUT2D eigenvalue weighted by Gasteiger charge is -2.26. The second-order valence-electron chi connectivity index (χ2n) is 8.96. The summed E-state index contributed by atoms with van der Waals surface area (Å²) in [5, 5.41) is 8.71. The Kier molecular flexibility index (Phi) is 9.51. The first kappa shape index (κ1) is 26.5. The van der Waals surface area contributed by atoms with Crippen LogP contribution in [0, 0.1) is 11.7 Å². The molecule has 1 fully saturated rings. The van der Waals surface area contributed by atoms with Crippen LogP contribution in [0.25, 0.3) is 0 Å². The van der Waals surface area contributed by atoms with Crippen molar-refractivity contribution in [2.24, 2.45) is 5.92 Å². The zero-order chi connectivity index (χ0) is 25.3. The lowest BCUT2D eigenvalue weighted by Crippen LogP contribution is -2.49. The summed E-state index contributed by atoms with van der Waals surface area (Å²) in [5.41, 5.74) is 0.394. The summed E-state index contributed by atoms with van der Waals surface area (Å²) in [6.45, 7) is 0.735. The van der Waals surface area contributed by atoms with Gasteiger partial charge in [0.15, 0.2) is 0 Å². The van der Waals surface area contributed by atoms with Gasteiger partial charge in [-0.15, -0.1) is 0 Å². The van der Waals surface area contributed by atoms with E-state index in [1.807, 2.05) is 0 Å². The van der Waals surface area contributed by atoms with Crippen molar-refractivity contribution in [2.45, 2.75) is 57.2 Å². The molecule has 0 bridgehead atoms. The molecule has 190 valence electrons. The zero-order valence-corrected chi connectivity index (χ0v) is 19.5. The van der Waals surface area contributed by atoms with Gasteiger partial charge in [0, 0.05) is 18.8 Å². The molecule has 35 heavy (non-hydrogen) atoms. The van der Waals surface area contributed by atoms with Gasteiger partial charge in [0.25, 0.3) is 0 Å². The summed E-state index contributed by atoms with van der Waals surface area (Å²) in [5.74, 6) is -0.702. The van der Waals surface area contributed by atoms with Crippen molar-refractivity contribution >= 4 is 17.5 Å². The first-order valence-electron chi connectivity index (χ1n) is 11.9. The van der Waals surface area contributed by atoms with Crippen LogP contribution in [0.1, 0.15) is 49.7 Å². The van der Waals surface area contributed by atoms with E-state index in [1.165, 1.54) is 30.7 Å². The summed E-state index contributed by atoms with van der Waals surface area (Å²) < 4.78 is 51.3. The molecule has 2 aromatic carbocycles. The van der Waals surface area contributed by atoms with Crippen molar-refractivity contribution in [2.75, 3.05) is 18.4 Å². The third-order valence-electron chi connectivity index (χ3n) is 6.19. The molecule has 1 aliphatic carbocycles. The Morgan fingerprint density at radius 1 is 0.914 bits per heavy atom. The molecule has 1 aliphatic rings. The van der Waals surface area contributed by atoms with Crippen LogP contribution in [-0.4, -0.2) is 30.9 Å². The average molecular weight is 494 g/mol. The first-order valence-corrected chi connectivity index (χ1v) is 11.9. The Bertz CT molecular complexity index is 956. The average Bonchev–Trinajstić information content (AvgIpc) is 2.83. The molecule has 5 nitrogen and oxygen atoms in total. The van der Waals surface area contributed by atoms with Crippen LogP contribution < -0.4 is 16.0 Å². The van der Waals surface area contributed by atoms with Crippen LogP contribution in [0.4, 0.5) is 23.2 Å². The number of alkyl halides is 3. The van der Waals surface area contributed by atoms with Crippen LogP contribution in [-0.2, 0) is 22.2 Å². The number of carbonyl (C=O) groups excluding carboxylic acids is 2. The molecule has 0 saturated heterocycles. The van der Waals surface area contributed by atoms with Gasteiger partial charge in [-0.2, -0.15) is 13.2 Å². The van der Waals surface area contributed by atoms with Gasteiger partial charge in [-0.05, 0) is 54.3 Å². The lowest BCUT2D eigenvalue weighted by atomic mass is 9.84. The van der Waals surface area contributed by atoms with Crippen LogP contribution in [0.5, 0.6) is 0 Å². The minimum Gasteiger partial charge on any atom is -0.383 e. The van der Waals surface area contributed by atoms with E-state index in [1.54, 1.807) is 12.1 Å². The molecule has 0 radical (unpaired) electrons. The first-order chi connectivity index (χ1) is 16.7. The zero-order valence-electron chi connectivity index (χ0n) is 19.5. The molecule has 0 spiro atoms. The minimum absolute atomic E-state index is 0.112. The van der Waals surface area contributed by atoms with Crippen molar-refractivity contribution in [3.05, 3.63) is 65.5 Å². The maximum Gasteiger partial charge on any atom is 0.416 e. The standard InChI is InChI=1S/C26H31F4N3O2/c27-21-10-12-22(13-11-21)31-14-15-32-25(35)23(16-18-4-2-1-3-5-18)33-24(34)17-19-6-8-20(9-7-19)26(28,29)30/h6-13,18,23,31H,1-5,14-17H2,(H,32,35)(H,33,34). The van der Waals surface area contributed by atoms with Gasteiger partial charge < -0.3 is 16.0 Å². The number of hydrogen-bond acceptors (Lipinski definition) is 3. The van der Waals surface area contributed by atoms with Crippen molar-refractivity contribution in [1.82, 2.24) is 10.6 Å². The molecule has 3 rings (SSSR count). The maximum atomic E-state index is 13.0. The van der Waals surface area contributed by atoms with Gasteiger partial charge >= 0.3 is 6.18 Å². The Labute approximate surface area is 202 Å². The summed E-state index contributed by atoms with van der Waals surface area (Å²) >= 11 is 0. The summed E-state index contributed by atoms with van der Waals surface area (Å²) in [7, 11) is 0. The lowest BCUT2D eigenvalue weighted by molar-refractivity contribution is -0.137. The Morgan fingerprint density at radius 3 is 2.20 bits per heavy atom. The summed E-state index contributed by atoms with van der Waals surface area (Å²) in [6.07, 6.45) is 1.35. The fourth-order valence-corrected chi connectivity index (χ4v) is 4.31. The fourth-order valence-electron chi connectivity index (χ4n) is 4.31. The van der Waals surface area contributed by atoms with Gasteiger partial charge in [-0.3, -0.25) is 9.59 Å². The van der Waals surface area contributed by atoms with E-state index in [-0.39, 0.29) is 18.1 Å². The molecule has 2 aromatic rings. The molecule has 2 amide bonds. The number of carbonyl (C=O) groups is 2. The summed E-state index contributed by atoms with van der Waals surface area (Å²) in [6, 6.07) is 9.62. The van der Waals surface area contributed by atoms with Crippen molar-refractivity contribution in [3.8, 4) is 0 Å². The topological polar surface area (TPSA) is 70.2 Å². The smallest absolute Gasteiger partial charge is 0.383 e. The van der Waals surface area contributed by atoms with E-state index in [0.717, 1.165) is 43.5 Å². The molecule has 9 heteroatoms. The van der Waals surface area contributed by atoms with Crippen LogP contribution in [0.2, 0.25) is 0 Å². The highest BCUT2D eigenvalue weighted by Crippen LogP contribution is 2.29. The number of nitrogens with one attached hydrogen (secondary N) is 3. The molecule has 0 aliphatic heterocycles. The predicted octanol–water partition coefficient (Wildman–Crippen LogP) is 5.07. The second kappa shape index (κ2) is 12.6. The van der Waals surface area contributed by atoms with Crippen molar-refractivity contribution in [3.63, 3.8) is 0 Å². The highest BCUT2D eigenvalue weighted by atomic mass is 19.4. The van der Waals surface area contributed by atoms with Crippen LogP contribution >= 0.6 is 0 Å². The molecular weight excluding hydrogens is 462 g/mol. The number of halogens is 4. The van der Waals surface area contributed by atoms with E-state index in [2.05, 4.69) is 16.0 Å². The van der Waals surface area contributed by atoms with E-state index in [4.69, 9.17) is 0 Å². The molecule has 1 saturated carbocycles. The van der Waals surface area contributed by atoms with E-state index in [9.17, 15) is 27.2 Å². The quantitative estimate of drug-likeness (QED) is 0.320. The fraction of sp³-hybridized carbons (Fsp3) is 0.462. The molecule has 3 N–H and O–H groups in total. The SMILES string of the molecule is O=C(Cc1ccc(C(F)(F)F)cc1)NC(CC1CCCCC1)C(=O)NCCNc1ccc(F)cc1. The van der Waals surface area contributed by atoms with Gasteiger partial charge in [0.1, 0.15) is 11.9 Å². The normalized spacial score (nSPS) is 15.3. The maximum absolute atomic E-state index is 13.0. The van der Waals surface area contributed by atoms with Gasteiger partial charge in [-0.1, -0.05) is 44.2 Å². The monoisotopic (exact) mass is 493 g/mol. The Hall–Kier alpha value is -3.10. The van der Waals surface area contributed by atoms with Gasteiger partial charge in [0.2, 0.25) is 11.8 Å². The van der Waals surface area contributed by atoms with E-state index < -0.39 is 23.7 Å². The predicted molar refractivity (Wildman–Crippen MR) is 126 cm³/mol. The molecular formula is C26H31F4N3O2. The van der Waals surface area contributed by atoms with Gasteiger partial charge in [0.05, 0.1) is 12.0 Å². The number of rotatable bonds is 10.